The molecule has 2 aliphatic heterocycles. The maximum absolute atomic E-state index is 12.5. The van der Waals surface area contributed by atoms with Gasteiger partial charge in [-0.3, -0.25) is 4.79 Å². The van der Waals surface area contributed by atoms with Gasteiger partial charge in [-0.1, -0.05) is 12.1 Å². The van der Waals surface area contributed by atoms with E-state index in [9.17, 15) is 4.79 Å². The number of hydrogen-bond acceptors (Lipinski definition) is 4. The first-order chi connectivity index (χ1) is 11.8. The molecule has 0 bridgehead atoms. The zero-order valence-electron chi connectivity index (χ0n) is 14.9. The molecule has 2 aliphatic rings. The number of hydrogen-bond donors (Lipinski definition) is 1. The Hall–Kier alpha value is -0.880. The molecule has 4 nitrogen and oxygen atoms in total. The van der Waals surface area contributed by atoms with Crippen molar-refractivity contribution in [2.24, 2.45) is 5.92 Å². The normalized spacial score (nSPS) is 19.0. The quantitative estimate of drug-likeness (QED) is 0.814. The van der Waals surface area contributed by atoms with E-state index in [1.54, 1.807) is 0 Å². The lowest BCUT2D eigenvalue weighted by Crippen LogP contribution is -2.39. The van der Waals surface area contributed by atoms with E-state index in [1.807, 2.05) is 17.4 Å². The van der Waals surface area contributed by atoms with Gasteiger partial charge in [0.15, 0.2) is 0 Å². The summed E-state index contributed by atoms with van der Waals surface area (Å²) in [5.74, 6) is 1.47. The van der Waals surface area contributed by atoms with E-state index in [0.717, 1.165) is 63.8 Å². The van der Waals surface area contributed by atoms with Gasteiger partial charge in [0.1, 0.15) is 0 Å². The smallest absolute Gasteiger partial charge is 0.222 e. The van der Waals surface area contributed by atoms with Gasteiger partial charge in [-0.2, -0.15) is 0 Å². The SMILES string of the molecule is Cl.Cl.O=C(CC1CCNCC1)N1CCC(c2nc3ccccc3s2)CC1. The van der Waals surface area contributed by atoms with Crippen molar-refractivity contribution in [3.8, 4) is 0 Å². The molecular weight excluding hydrogens is 389 g/mol. The molecule has 26 heavy (non-hydrogen) atoms. The van der Waals surface area contributed by atoms with Crippen LogP contribution in [0, 0.1) is 5.92 Å². The number of nitrogens with zero attached hydrogens (tertiary/aromatic N) is 2. The fourth-order valence-corrected chi connectivity index (χ4v) is 5.04. The van der Waals surface area contributed by atoms with Crippen LogP contribution in [-0.4, -0.2) is 42.0 Å². The number of carbonyl (C=O) groups excluding carboxylic acids is 1. The molecule has 144 valence electrons. The average molecular weight is 416 g/mol. The number of rotatable bonds is 3. The topological polar surface area (TPSA) is 45.2 Å². The van der Waals surface area contributed by atoms with Gasteiger partial charge in [0.05, 0.1) is 15.2 Å². The number of likely N-dealkylation sites (tertiary alicyclic amines) is 1. The molecule has 4 rings (SSSR count). The number of para-hydroxylation sites is 1. The molecule has 0 spiro atoms. The molecule has 0 unspecified atom stereocenters. The molecule has 1 amide bonds. The van der Waals surface area contributed by atoms with Crippen LogP contribution in [0.2, 0.25) is 0 Å². The highest BCUT2D eigenvalue weighted by Crippen LogP contribution is 2.34. The van der Waals surface area contributed by atoms with E-state index in [0.29, 0.717) is 17.7 Å². The van der Waals surface area contributed by atoms with Crippen LogP contribution < -0.4 is 5.32 Å². The first kappa shape index (κ1) is 21.4. The Kier molecular flexibility index (Phi) is 8.14. The van der Waals surface area contributed by atoms with E-state index < -0.39 is 0 Å². The van der Waals surface area contributed by atoms with Crippen molar-refractivity contribution in [1.29, 1.82) is 0 Å². The second kappa shape index (κ2) is 9.88. The van der Waals surface area contributed by atoms with Gasteiger partial charge < -0.3 is 10.2 Å². The molecule has 1 aromatic carbocycles. The van der Waals surface area contributed by atoms with Gasteiger partial charge in [-0.25, -0.2) is 4.98 Å². The van der Waals surface area contributed by atoms with Crippen LogP contribution in [0.5, 0.6) is 0 Å². The summed E-state index contributed by atoms with van der Waals surface area (Å²) in [5.41, 5.74) is 1.11. The lowest BCUT2D eigenvalue weighted by molar-refractivity contribution is -0.133. The first-order valence-electron chi connectivity index (χ1n) is 9.13. The highest BCUT2D eigenvalue weighted by molar-refractivity contribution is 7.18. The van der Waals surface area contributed by atoms with Crippen LogP contribution in [0.15, 0.2) is 24.3 Å². The lowest BCUT2D eigenvalue weighted by atomic mass is 9.92. The molecule has 1 N–H and O–H groups in total. The summed E-state index contributed by atoms with van der Waals surface area (Å²) < 4.78 is 1.27. The molecule has 7 heteroatoms. The second-order valence-electron chi connectivity index (χ2n) is 7.07. The molecule has 2 aromatic rings. The Bertz CT molecular complexity index is 677. The Labute approximate surface area is 171 Å². The molecule has 0 aliphatic carbocycles. The van der Waals surface area contributed by atoms with Crippen LogP contribution in [-0.2, 0) is 4.79 Å². The van der Waals surface area contributed by atoms with Crippen LogP contribution in [0.4, 0.5) is 0 Å². The molecule has 2 saturated heterocycles. The van der Waals surface area contributed by atoms with Gasteiger partial charge >= 0.3 is 0 Å². The molecule has 0 radical (unpaired) electrons. The van der Waals surface area contributed by atoms with Gasteiger partial charge in [0.25, 0.3) is 0 Å². The number of thiazole rings is 1. The molecule has 1 aromatic heterocycles. The maximum atomic E-state index is 12.5. The lowest BCUT2D eigenvalue weighted by Gasteiger charge is -2.32. The highest BCUT2D eigenvalue weighted by Gasteiger charge is 2.27. The predicted molar refractivity (Wildman–Crippen MR) is 113 cm³/mol. The van der Waals surface area contributed by atoms with E-state index in [-0.39, 0.29) is 24.8 Å². The van der Waals surface area contributed by atoms with Crippen molar-refractivity contribution in [2.45, 2.75) is 38.0 Å². The molecule has 0 atom stereocenters. The second-order valence-corrected chi connectivity index (χ2v) is 8.13. The number of benzene rings is 1. The van der Waals surface area contributed by atoms with Crippen LogP contribution in [0.25, 0.3) is 10.2 Å². The van der Waals surface area contributed by atoms with Gasteiger partial charge in [0.2, 0.25) is 5.91 Å². The van der Waals surface area contributed by atoms with Crippen LogP contribution in [0.3, 0.4) is 0 Å². The fraction of sp³-hybridized carbons (Fsp3) is 0.579. The van der Waals surface area contributed by atoms with Crippen LogP contribution in [0.1, 0.15) is 43.0 Å². The third-order valence-corrected chi connectivity index (χ3v) is 6.63. The van der Waals surface area contributed by atoms with Gasteiger partial charge in [0, 0.05) is 25.4 Å². The molecule has 0 saturated carbocycles. The molecule has 2 fully saturated rings. The predicted octanol–water partition coefficient (Wildman–Crippen LogP) is 4.24. The summed E-state index contributed by atoms with van der Waals surface area (Å²) in [7, 11) is 0. The Morgan fingerprint density at radius 3 is 2.50 bits per heavy atom. The van der Waals surface area contributed by atoms with E-state index in [1.165, 1.54) is 9.71 Å². The Morgan fingerprint density at radius 1 is 1.12 bits per heavy atom. The summed E-state index contributed by atoms with van der Waals surface area (Å²) in [6.45, 7) is 3.92. The minimum Gasteiger partial charge on any atom is -0.343 e. The summed E-state index contributed by atoms with van der Waals surface area (Å²) in [6.07, 6.45) is 5.14. The molecular formula is C19H27Cl2N3OS. The number of piperidine rings is 2. The maximum Gasteiger partial charge on any atom is 0.222 e. The summed E-state index contributed by atoms with van der Waals surface area (Å²) in [5, 5.41) is 4.62. The summed E-state index contributed by atoms with van der Waals surface area (Å²) in [4.78, 5) is 19.4. The number of amides is 1. The minimum absolute atomic E-state index is 0. The first-order valence-corrected chi connectivity index (χ1v) is 9.95. The number of fused-ring (bicyclic) bond motifs is 1. The van der Waals surface area contributed by atoms with Crippen molar-refractivity contribution < 1.29 is 4.79 Å². The van der Waals surface area contributed by atoms with Crippen molar-refractivity contribution in [2.75, 3.05) is 26.2 Å². The fourth-order valence-electron chi connectivity index (χ4n) is 3.90. The standard InChI is InChI=1S/C19H25N3OS.2ClH/c23-18(13-14-5-9-20-10-6-14)22-11-7-15(8-12-22)19-21-16-3-1-2-4-17(16)24-19;;/h1-4,14-15,20H,5-13H2;2*1H. The van der Waals surface area contributed by atoms with Crippen molar-refractivity contribution in [3.63, 3.8) is 0 Å². The Morgan fingerprint density at radius 2 is 1.81 bits per heavy atom. The third kappa shape index (κ3) is 4.89. The number of aromatic nitrogens is 1. The van der Waals surface area contributed by atoms with E-state index in [2.05, 4.69) is 28.4 Å². The van der Waals surface area contributed by atoms with Crippen molar-refractivity contribution in [1.82, 2.24) is 15.2 Å². The number of carbonyl (C=O) groups is 1. The average Bonchev–Trinajstić information content (AvgIpc) is 3.07. The number of nitrogens with one attached hydrogen (secondary N) is 1. The van der Waals surface area contributed by atoms with E-state index in [4.69, 9.17) is 4.98 Å². The van der Waals surface area contributed by atoms with Crippen molar-refractivity contribution >= 4 is 52.3 Å². The van der Waals surface area contributed by atoms with Gasteiger partial charge in [-0.15, -0.1) is 36.2 Å². The summed E-state index contributed by atoms with van der Waals surface area (Å²) >= 11 is 1.82. The minimum atomic E-state index is 0. The van der Waals surface area contributed by atoms with E-state index >= 15 is 0 Å². The largest absolute Gasteiger partial charge is 0.343 e. The molecule has 3 heterocycles. The summed E-state index contributed by atoms with van der Waals surface area (Å²) in [6, 6.07) is 8.36. The zero-order valence-corrected chi connectivity index (χ0v) is 17.3. The highest BCUT2D eigenvalue weighted by atomic mass is 35.5. The van der Waals surface area contributed by atoms with Gasteiger partial charge in [-0.05, 0) is 56.8 Å². The number of halogens is 2. The third-order valence-electron chi connectivity index (χ3n) is 5.43. The monoisotopic (exact) mass is 415 g/mol. The van der Waals surface area contributed by atoms with Crippen LogP contribution >= 0.6 is 36.2 Å². The van der Waals surface area contributed by atoms with Crippen molar-refractivity contribution in [3.05, 3.63) is 29.3 Å². The zero-order chi connectivity index (χ0) is 16.4. The Balaban J connectivity index is 0.00000121.